The lowest BCUT2D eigenvalue weighted by Gasteiger charge is -2.37. The molecule has 2 amide bonds. The van der Waals surface area contributed by atoms with Gasteiger partial charge in [-0.25, -0.2) is 0 Å². The van der Waals surface area contributed by atoms with Crippen molar-refractivity contribution in [3.05, 3.63) is 48.6 Å². The van der Waals surface area contributed by atoms with Crippen LogP contribution in [-0.4, -0.2) is 74.7 Å². The molecule has 2 bridgehead atoms. The maximum Gasteiger partial charge on any atom is 0.310 e. The number of aliphatic carboxylic acids is 1. The first-order chi connectivity index (χ1) is 16.8. The molecule has 0 aromatic heterocycles. The zero-order valence-electron chi connectivity index (χ0n) is 20.4. The number of aliphatic hydroxyl groups is 1. The van der Waals surface area contributed by atoms with Crippen molar-refractivity contribution in [3.8, 4) is 0 Å². The quantitative estimate of drug-likeness (QED) is 0.349. The summed E-state index contributed by atoms with van der Waals surface area (Å²) >= 11 is 0. The Balaban J connectivity index is 1.72. The Morgan fingerprint density at radius 3 is 2.60 bits per heavy atom. The maximum absolute atomic E-state index is 14.2. The summed E-state index contributed by atoms with van der Waals surface area (Å²) in [7, 11) is 0. The highest BCUT2D eigenvalue weighted by atomic mass is 16.5. The molecular weight excluding hydrogens is 448 g/mol. The Kier molecular flexibility index (Phi) is 7.33. The van der Waals surface area contributed by atoms with E-state index in [2.05, 4.69) is 6.58 Å². The number of amides is 2. The first kappa shape index (κ1) is 25.4. The number of nitrogens with zero attached hydrogens (tertiary/aromatic N) is 2. The third kappa shape index (κ3) is 4.16. The number of hydrogen-bond donors (Lipinski definition) is 2. The molecule has 8 nitrogen and oxygen atoms in total. The lowest BCUT2D eigenvalue weighted by molar-refractivity contribution is -0.158. The molecule has 2 N–H and O–H groups in total. The van der Waals surface area contributed by atoms with Crippen LogP contribution in [0, 0.1) is 11.8 Å². The first-order valence-corrected chi connectivity index (χ1v) is 12.6. The number of hydrogen-bond acceptors (Lipinski definition) is 5. The van der Waals surface area contributed by atoms with Crippen molar-refractivity contribution < 1.29 is 29.3 Å². The number of likely N-dealkylation sites (tertiary alicyclic amines) is 1. The summed E-state index contributed by atoms with van der Waals surface area (Å²) in [5, 5.41) is 19.3. The molecule has 3 aliphatic rings. The number of carboxylic acids is 1. The van der Waals surface area contributed by atoms with Gasteiger partial charge in [-0.2, -0.15) is 0 Å². The van der Waals surface area contributed by atoms with Gasteiger partial charge in [-0.3, -0.25) is 14.4 Å². The number of carbonyl (C=O) groups excluding carboxylic acids is 2. The van der Waals surface area contributed by atoms with Gasteiger partial charge >= 0.3 is 5.97 Å². The van der Waals surface area contributed by atoms with Gasteiger partial charge in [0.25, 0.3) is 0 Å². The van der Waals surface area contributed by atoms with Crippen molar-refractivity contribution >= 4 is 17.8 Å². The Morgan fingerprint density at radius 2 is 1.97 bits per heavy atom. The van der Waals surface area contributed by atoms with E-state index in [1.54, 1.807) is 15.9 Å². The second-order valence-electron chi connectivity index (χ2n) is 9.98. The van der Waals surface area contributed by atoms with Crippen LogP contribution in [0.4, 0.5) is 0 Å². The van der Waals surface area contributed by atoms with Crippen LogP contribution in [-0.2, 0) is 25.7 Å². The van der Waals surface area contributed by atoms with Gasteiger partial charge in [0.1, 0.15) is 17.6 Å². The van der Waals surface area contributed by atoms with Crippen molar-refractivity contribution in [1.82, 2.24) is 9.80 Å². The smallest absolute Gasteiger partial charge is 0.310 e. The number of aliphatic hydroxyl groups excluding tert-OH is 1. The molecular formula is C27H36N2O6. The average molecular weight is 485 g/mol. The van der Waals surface area contributed by atoms with Gasteiger partial charge in [-0.1, -0.05) is 43.3 Å². The number of unbranched alkanes of at least 4 members (excludes halogenated alkanes) is 2. The molecule has 1 aromatic carbocycles. The van der Waals surface area contributed by atoms with E-state index in [0.29, 0.717) is 58.2 Å². The van der Waals surface area contributed by atoms with E-state index < -0.39 is 35.0 Å². The van der Waals surface area contributed by atoms with Gasteiger partial charge in [-0.05, 0) is 44.1 Å². The van der Waals surface area contributed by atoms with Crippen LogP contribution < -0.4 is 0 Å². The summed E-state index contributed by atoms with van der Waals surface area (Å²) in [4.78, 5) is 43.7. The molecule has 1 spiro atoms. The van der Waals surface area contributed by atoms with Crippen molar-refractivity contribution in [3.63, 3.8) is 0 Å². The van der Waals surface area contributed by atoms with Crippen molar-refractivity contribution in [2.24, 2.45) is 11.8 Å². The maximum atomic E-state index is 14.2. The van der Waals surface area contributed by atoms with Gasteiger partial charge in [0.15, 0.2) is 0 Å². The summed E-state index contributed by atoms with van der Waals surface area (Å²) in [6.45, 7) is 6.77. The van der Waals surface area contributed by atoms with Gasteiger partial charge in [0, 0.05) is 26.2 Å². The molecule has 3 aliphatic heterocycles. The van der Waals surface area contributed by atoms with Crippen LogP contribution in [0.25, 0.3) is 0 Å². The predicted molar refractivity (Wildman–Crippen MR) is 129 cm³/mol. The molecule has 8 heteroatoms. The summed E-state index contributed by atoms with van der Waals surface area (Å²) in [6, 6.07) is 8.75. The van der Waals surface area contributed by atoms with E-state index in [4.69, 9.17) is 9.84 Å². The lowest BCUT2D eigenvalue weighted by Crippen LogP contribution is -2.56. The third-order valence-corrected chi connectivity index (χ3v) is 8.12. The summed E-state index contributed by atoms with van der Waals surface area (Å²) in [5.74, 6) is -3.40. The van der Waals surface area contributed by atoms with Crippen LogP contribution in [0.3, 0.4) is 0 Å². The topological polar surface area (TPSA) is 107 Å². The molecule has 190 valence electrons. The fourth-order valence-electron chi connectivity index (χ4n) is 6.55. The molecule has 3 heterocycles. The minimum Gasteiger partial charge on any atom is -0.481 e. The lowest BCUT2D eigenvalue weighted by atomic mass is 9.65. The SMILES string of the molecule is C=CCN(Cc1ccccc1)C(=O)C1N(CCCCCO)C(=O)[C@@H]2[C@H](C(=O)O)[C@]3(CC)CCC12O3. The molecule has 3 saturated heterocycles. The van der Waals surface area contributed by atoms with E-state index in [1.165, 1.54) is 0 Å². The Morgan fingerprint density at radius 1 is 1.23 bits per heavy atom. The number of fused-ring (bicyclic) bond motifs is 1. The molecule has 4 rings (SSSR count). The molecule has 0 aliphatic carbocycles. The van der Waals surface area contributed by atoms with Gasteiger partial charge < -0.3 is 24.7 Å². The summed E-state index contributed by atoms with van der Waals surface area (Å²) in [5.41, 5.74) is -1.10. The number of carbonyl (C=O) groups is 3. The minimum atomic E-state index is -1.14. The van der Waals surface area contributed by atoms with Crippen molar-refractivity contribution in [2.45, 2.75) is 69.2 Å². The first-order valence-electron chi connectivity index (χ1n) is 12.6. The van der Waals surface area contributed by atoms with Crippen LogP contribution in [0.15, 0.2) is 43.0 Å². The molecule has 2 unspecified atom stereocenters. The second kappa shape index (κ2) is 10.1. The fraction of sp³-hybridized carbons (Fsp3) is 0.593. The normalized spacial score (nSPS) is 31.0. The van der Waals surface area contributed by atoms with Crippen LogP contribution >= 0.6 is 0 Å². The second-order valence-corrected chi connectivity index (χ2v) is 9.98. The average Bonchev–Trinajstić information content (AvgIpc) is 3.45. The van der Waals surface area contributed by atoms with Crippen LogP contribution in [0.1, 0.15) is 51.0 Å². The van der Waals surface area contributed by atoms with E-state index in [1.807, 2.05) is 37.3 Å². The van der Waals surface area contributed by atoms with Crippen molar-refractivity contribution in [2.75, 3.05) is 19.7 Å². The van der Waals surface area contributed by atoms with Gasteiger partial charge in [0.2, 0.25) is 11.8 Å². The van der Waals surface area contributed by atoms with E-state index in [-0.39, 0.29) is 18.4 Å². The summed E-state index contributed by atoms with van der Waals surface area (Å²) in [6.07, 6.45) is 5.09. The molecule has 3 fully saturated rings. The van der Waals surface area contributed by atoms with E-state index in [0.717, 1.165) is 5.56 Å². The Labute approximate surface area is 206 Å². The number of ether oxygens (including phenoxy) is 1. The zero-order chi connectivity index (χ0) is 25.2. The highest BCUT2D eigenvalue weighted by molar-refractivity contribution is 5.98. The number of rotatable bonds is 12. The predicted octanol–water partition coefficient (Wildman–Crippen LogP) is 2.60. The molecule has 0 saturated carbocycles. The van der Waals surface area contributed by atoms with Crippen molar-refractivity contribution in [1.29, 1.82) is 0 Å². The Hall–Kier alpha value is -2.71. The molecule has 1 aromatic rings. The van der Waals surface area contributed by atoms with Crippen LogP contribution in [0.2, 0.25) is 0 Å². The van der Waals surface area contributed by atoms with E-state index in [9.17, 15) is 19.5 Å². The largest absolute Gasteiger partial charge is 0.481 e. The zero-order valence-corrected chi connectivity index (χ0v) is 20.4. The monoisotopic (exact) mass is 484 g/mol. The van der Waals surface area contributed by atoms with Crippen LogP contribution in [0.5, 0.6) is 0 Å². The summed E-state index contributed by atoms with van der Waals surface area (Å²) < 4.78 is 6.58. The Bertz CT molecular complexity index is 968. The molecule has 35 heavy (non-hydrogen) atoms. The van der Waals surface area contributed by atoms with Gasteiger partial charge in [-0.15, -0.1) is 6.58 Å². The molecule has 0 radical (unpaired) electrons. The fourth-order valence-corrected chi connectivity index (χ4v) is 6.55. The molecule has 5 atom stereocenters. The standard InChI is InChI=1S/C27H36N2O6/c1-3-15-28(18-19-11-7-5-8-12-19)24(32)22-27-14-13-26(4-2,35-27)21(25(33)34)20(27)23(31)29(22)16-9-6-10-17-30/h3,5,7-8,11-12,20-22,30H,1,4,6,9-10,13-18H2,2H3,(H,33,34)/t20-,21+,22?,26-,27?/m0/s1. The minimum absolute atomic E-state index is 0.0657. The highest BCUT2D eigenvalue weighted by Gasteiger charge is 2.78. The highest BCUT2D eigenvalue weighted by Crippen LogP contribution is 2.64. The third-order valence-electron chi connectivity index (χ3n) is 8.12. The number of carboxylic acid groups (broad SMARTS) is 1. The van der Waals surface area contributed by atoms with E-state index >= 15 is 0 Å². The number of benzene rings is 1. The van der Waals surface area contributed by atoms with Gasteiger partial charge in [0.05, 0.1) is 11.5 Å².